The van der Waals surface area contributed by atoms with Crippen molar-refractivity contribution in [2.45, 2.75) is 6.92 Å². The third-order valence-electron chi connectivity index (χ3n) is 1.57. The maximum atomic E-state index is 11.3. The molecule has 0 saturated heterocycles. The van der Waals surface area contributed by atoms with E-state index in [0.29, 0.717) is 18.7 Å². The highest BCUT2D eigenvalue weighted by atomic mass is 32.1. The van der Waals surface area contributed by atoms with E-state index in [1.54, 1.807) is 11.4 Å². The van der Waals surface area contributed by atoms with Crippen LogP contribution in [0.1, 0.15) is 17.3 Å². The molecule has 1 heterocycles. The van der Waals surface area contributed by atoms with Crippen LogP contribution in [-0.4, -0.2) is 24.9 Å². The summed E-state index contributed by atoms with van der Waals surface area (Å²) in [5, 5.41) is 8.92. The Hall–Kier alpha value is -1.36. The topological polar surface area (TPSA) is 58.2 Å². The van der Waals surface area contributed by atoms with Gasteiger partial charge in [0, 0.05) is 31.0 Å². The van der Waals surface area contributed by atoms with Crippen molar-refractivity contribution in [3.63, 3.8) is 0 Å². The molecule has 1 aromatic heterocycles. The predicted molar refractivity (Wildman–Crippen MR) is 55.3 cm³/mol. The van der Waals surface area contributed by atoms with Crippen LogP contribution in [0.5, 0.6) is 0 Å². The van der Waals surface area contributed by atoms with Gasteiger partial charge >= 0.3 is 0 Å². The third-order valence-corrected chi connectivity index (χ3v) is 2.25. The number of amides is 2. The lowest BCUT2D eigenvalue weighted by Gasteiger charge is -2.03. The van der Waals surface area contributed by atoms with Crippen LogP contribution in [0, 0.1) is 0 Å². The number of rotatable bonds is 4. The fraction of sp³-hybridized carbons (Fsp3) is 0.333. The van der Waals surface area contributed by atoms with Gasteiger partial charge in [0.1, 0.15) is 0 Å². The third kappa shape index (κ3) is 3.57. The summed E-state index contributed by atoms with van der Waals surface area (Å²) in [6, 6.07) is 1.76. The summed E-state index contributed by atoms with van der Waals surface area (Å²) in [6.45, 7) is 2.36. The largest absolute Gasteiger partial charge is 0.355 e. The normalized spacial score (nSPS) is 9.50. The van der Waals surface area contributed by atoms with Gasteiger partial charge in [0.2, 0.25) is 5.91 Å². The second-order valence-corrected chi connectivity index (χ2v) is 3.53. The molecule has 1 rings (SSSR count). The minimum Gasteiger partial charge on any atom is -0.355 e. The molecule has 0 unspecified atom stereocenters. The molecule has 0 spiro atoms. The average molecular weight is 212 g/mol. The Bertz CT molecular complexity index is 309. The lowest BCUT2D eigenvalue weighted by Crippen LogP contribution is -2.33. The zero-order valence-corrected chi connectivity index (χ0v) is 8.69. The molecule has 0 radical (unpaired) electrons. The van der Waals surface area contributed by atoms with Gasteiger partial charge in [-0.3, -0.25) is 9.59 Å². The van der Waals surface area contributed by atoms with Gasteiger partial charge < -0.3 is 10.6 Å². The molecule has 0 aliphatic carbocycles. The maximum absolute atomic E-state index is 11.3. The van der Waals surface area contributed by atoms with E-state index in [4.69, 9.17) is 0 Å². The van der Waals surface area contributed by atoms with Crippen molar-refractivity contribution in [1.82, 2.24) is 10.6 Å². The second-order valence-electron chi connectivity index (χ2n) is 2.75. The first kappa shape index (κ1) is 10.7. The summed E-state index contributed by atoms with van der Waals surface area (Å²) in [6.07, 6.45) is 0. The first-order valence-corrected chi connectivity index (χ1v) is 5.19. The first-order valence-electron chi connectivity index (χ1n) is 4.25. The van der Waals surface area contributed by atoms with Gasteiger partial charge in [-0.05, 0) is 11.4 Å². The number of carbonyl (C=O) groups is 2. The van der Waals surface area contributed by atoms with Crippen LogP contribution < -0.4 is 10.6 Å². The van der Waals surface area contributed by atoms with E-state index in [2.05, 4.69) is 10.6 Å². The van der Waals surface area contributed by atoms with Crippen molar-refractivity contribution in [2.24, 2.45) is 0 Å². The van der Waals surface area contributed by atoms with E-state index in [1.807, 2.05) is 5.38 Å². The summed E-state index contributed by atoms with van der Waals surface area (Å²) in [5.74, 6) is -0.189. The van der Waals surface area contributed by atoms with Crippen LogP contribution >= 0.6 is 11.3 Å². The summed E-state index contributed by atoms with van der Waals surface area (Å²) in [4.78, 5) is 21.8. The number of carbonyl (C=O) groups excluding carboxylic acids is 2. The summed E-state index contributed by atoms with van der Waals surface area (Å²) in [5.41, 5.74) is 0.665. The van der Waals surface area contributed by atoms with E-state index >= 15 is 0 Å². The van der Waals surface area contributed by atoms with Gasteiger partial charge in [-0.15, -0.1) is 0 Å². The van der Waals surface area contributed by atoms with E-state index in [-0.39, 0.29) is 11.8 Å². The van der Waals surface area contributed by atoms with Crippen molar-refractivity contribution in [2.75, 3.05) is 13.1 Å². The van der Waals surface area contributed by atoms with Gasteiger partial charge in [0.05, 0.1) is 0 Å². The Balaban J connectivity index is 2.19. The van der Waals surface area contributed by atoms with E-state index in [9.17, 15) is 9.59 Å². The van der Waals surface area contributed by atoms with Crippen LogP contribution in [0.4, 0.5) is 0 Å². The van der Waals surface area contributed by atoms with Crippen molar-refractivity contribution >= 4 is 23.2 Å². The van der Waals surface area contributed by atoms with Crippen molar-refractivity contribution < 1.29 is 9.59 Å². The SMILES string of the molecule is CC(=O)NCCNC(=O)c1ccsc1. The Morgan fingerprint density at radius 2 is 2.07 bits per heavy atom. The number of thiophene rings is 1. The van der Waals surface area contributed by atoms with Gasteiger partial charge in [0.15, 0.2) is 0 Å². The maximum Gasteiger partial charge on any atom is 0.252 e. The molecule has 76 valence electrons. The number of hydrogen-bond donors (Lipinski definition) is 2. The van der Waals surface area contributed by atoms with Crippen molar-refractivity contribution in [3.8, 4) is 0 Å². The minimum atomic E-state index is -0.100. The highest BCUT2D eigenvalue weighted by Gasteiger charge is 2.03. The van der Waals surface area contributed by atoms with Gasteiger partial charge in [-0.2, -0.15) is 11.3 Å². The zero-order valence-electron chi connectivity index (χ0n) is 7.87. The van der Waals surface area contributed by atoms with E-state index in [0.717, 1.165) is 0 Å². The zero-order chi connectivity index (χ0) is 10.4. The molecule has 0 fully saturated rings. The summed E-state index contributed by atoms with van der Waals surface area (Å²) >= 11 is 1.48. The van der Waals surface area contributed by atoms with Crippen LogP contribution in [0.2, 0.25) is 0 Å². The molecule has 2 amide bonds. The molecule has 4 nitrogen and oxygen atoms in total. The molecule has 0 aliphatic rings. The van der Waals surface area contributed by atoms with Crippen LogP contribution in [0.3, 0.4) is 0 Å². The van der Waals surface area contributed by atoms with Crippen LogP contribution in [0.25, 0.3) is 0 Å². The number of hydrogen-bond acceptors (Lipinski definition) is 3. The predicted octanol–water partition coefficient (Wildman–Crippen LogP) is 0.614. The quantitative estimate of drug-likeness (QED) is 0.719. The van der Waals surface area contributed by atoms with Gasteiger partial charge in [-0.25, -0.2) is 0 Å². The molecule has 0 aromatic carbocycles. The molecule has 5 heteroatoms. The molecule has 0 atom stereocenters. The minimum absolute atomic E-state index is 0.0882. The lowest BCUT2D eigenvalue weighted by molar-refractivity contribution is -0.118. The summed E-state index contributed by atoms with van der Waals surface area (Å²) in [7, 11) is 0. The van der Waals surface area contributed by atoms with Crippen LogP contribution in [0.15, 0.2) is 16.8 Å². The molecular formula is C9H12N2O2S. The lowest BCUT2D eigenvalue weighted by atomic mass is 10.3. The summed E-state index contributed by atoms with van der Waals surface area (Å²) < 4.78 is 0. The Kier molecular flexibility index (Phi) is 4.12. The molecule has 14 heavy (non-hydrogen) atoms. The molecule has 2 N–H and O–H groups in total. The molecule has 0 bridgehead atoms. The highest BCUT2D eigenvalue weighted by Crippen LogP contribution is 2.04. The Morgan fingerprint density at radius 1 is 1.36 bits per heavy atom. The monoisotopic (exact) mass is 212 g/mol. The Labute approximate surface area is 86.3 Å². The average Bonchev–Trinajstić information content (AvgIpc) is 2.64. The highest BCUT2D eigenvalue weighted by molar-refractivity contribution is 7.08. The van der Waals surface area contributed by atoms with Crippen molar-refractivity contribution in [1.29, 1.82) is 0 Å². The molecule has 1 aromatic rings. The fourth-order valence-corrected chi connectivity index (χ4v) is 1.55. The standard InChI is InChI=1S/C9H12N2O2S/c1-7(12)10-3-4-11-9(13)8-2-5-14-6-8/h2,5-6H,3-4H2,1H3,(H,10,12)(H,11,13). The van der Waals surface area contributed by atoms with Crippen LogP contribution in [-0.2, 0) is 4.79 Å². The first-order chi connectivity index (χ1) is 6.70. The fourth-order valence-electron chi connectivity index (χ4n) is 0.910. The Morgan fingerprint density at radius 3 is 2.64 bits per heavy atom. The number of nitrogens with one attached hydrogen (secondary N) is 2. The van der Waals surface area contributed by atoms with Gasteiger partial charge in [0.25, 0.3) is 5.91 Å². The smallest absolute Gasteiger partial charge is 0.252 e. The second kappa shape index (κ2) is 5.39. The van der Waals surface area contributed by atoms with Gasteiger partial charge in [-0.1, -0.05) is 0 Å². The molecule has 0 saturated carbocycles. The van der Waals surface area contributed by atoms with E-state index < -0.39 is 0 Å². The molecule has 0 aliphatic heterocycles. The van der Waals surface area contributed by atoms with Crippen molar-refractivity contribution in [3.05, 3.63) is 22.4 Å². The van der Waals surface area contributed by atoms with E-state index in [1.165, 1.54) is 18.3 Å². The molecular weight excluding hydrogens is 200 g/mol.